The molecule has 0 atom stereocenters. The van der Waals surface area contributed by atoms with Crippen molar-refractivity contribution in [3.63, 3.8) is 0 Å². The van der Waals surface area contributed by atoms with Crippen molar-refractivity contribution in [1.82, 2.24) is 10.2 Å². The molecular weight excluding hydrogens is 384 g/mol. The van der Waals surface area contributed by atoms with Gasteiger partial charge in [-0.2, -0.15) is 8.78 Å². The molecular formula is C20H25F2N3O2S. The molecule has 5 nitrogen and oxygen atoms in total. The summed E-state index contributed by atoms with van der Waals surface area (Å²) in [5.74, 6) is 0.771. The van der Waals surface area contributed by atoms with E-state index < -0.39 is 6.61 Å². The van der Waals surface area contributed by atoms with Gasteiger partial charge in [-0.05, 0) is 75.2 Å². The van der Waals surface area contributed by atoms with Crippen molar-refractivity contribution in [2.75, 3.05) is 39.6 Å². The predicted molar refractivity (Wildman–Crippen MR) is 112 cm³/mol. The van der Waals surface area contributed by atoms with E-state index in [0.29, 0.717) is 22.1 Å². The molecule has 2 N–H and O–H groups in total. The molecule has 0 aliphatic heterocycles. The van der Waals surface area contributed by atoms with E-state index in [-0.39, 0.29) is 5.75 Å². The Hall–Kier alpha value is -2.45. The summed E-state index contributed by atoms with van der Waals surface area (Å²) in [6.07, 6.45) is 0.951. The average Bonchev–Trinajstić information content (AvgIpc) is 2.66. The lowest BCUT2D eigenvalue weighted by Crippen LogP contribution is -2.30. The van der Waals surface area contributed by atoms with Gasteiger partial charge in [0, 0.05) is 17.8 Å². The SMILES string of the molecule is COc1ccc(-c2cc(NC(=S)NCCCN(C)C)ccc2OC(F)F)cc1. The third-order valence-corrected chi connectivity index (χ3v) is 4.17. The van der Waals surface area contributed by atoms with Crippen molar-refractivity contribution in [3.8, 4) is 22.6 Å². The highest BCUT2D eigenvalue weighted by atomic mass is 32.1. The van der Waals surface area contributed by atoms with Crippen LogP contribution in [0.4, 0.5) is 14.5 Å². The molecule has 28 heavy (non-hydrogen) atoms. The van der Waals surface area contributed by atoms with E-state index in [4.69, 9.17) is 17.0 Å². The van der Waals surface area contributed by atoms with Crippen LogP contribution in [0.15, 0.2) is 42.5 Å². The second-order valence-electron chi connectivity index (χ2n) is 6.36. The molecule has 0 aromatic heterocycles. The van der Waals surface area contributed by atoms with E-state index in [2.05, 4.69) is 20.3 Å². The molecule has 2 aromatic carbocycles. The van der Waals surface area contributed by atoms with Crippen LogP contribution in [0.1, 0.15) is 6.42 Å². The zero-order valence-electron chi connectivity index (χ0n) is 16.2. The predicted octanol–water partition coefficient (Wildman–Crippen LogP) is 4.20. The first-order valence-electron chi connectivity index (χ1n) is 8.82. The van der Waals surface area contributed by atoms with E-state index in [0.717, 1.165) is 25.1 Å². The molecule has 0 bridgehead atoms. The number of alkyl halides is 2. The quantitative estimate of drug-likeness (QED) is 0.478. The highest BCUT2D eigenvalue weighted by Crippen LogP contribution is 2.34. The Kier molecular flexibility index (Phi) is 8.41. The van der Waals surface area contributed by atoms with Gasteiger partial charge in [-0.25, -0.2) is 0 Å². The number of rotatable bonds is 9. The van der Waals surface area contributed by atoms with Gasteiger partial charge in [0.1, 0.15) is 11.5 Å². The molecule has 0 amide bonds. The number of halogens is 2. The number of hydrogen-bond acceptors (Lipinski definition) is 4. The number of ether oxygens (including phenoxy) is 2. The zero-order valence-corrected chi connectivity index (χ0v) is 17.0. The molecule has 2 aromatic rings. The molecule has 8 heteroatoms. The minimum atomic E-state index is -2.91. The Morgan fingerprint density at radius 1 is 1.14 bits per heavy atom. The van der Waals surface area contributed by atoms with Crippen LogP contribution in [-0.4, -0.2) is 50.9 Å². The number of nitrogens with zero attached hydrogens (tertiary/aromatic N) is 1. The van der Waals surface area contributed by atoms with Crippen LogP contribution >= 0.6 is 12.2 Å². The number of hydrogen-bond donors (Lipinski definition) is 2. The number of thiocarbonyl (C=S) groups is 1. The van der Waals surface area contributed by atoms with Crippen molar-refractivity contribution >= 4 is 23.0 Å². The number of benzene rings is 2. The van der Waals surface area contributed by atoms with Gasteiger partial charge in [-0.1, -0.05) is 12.1 Å². The molecule has 0 aliphatic rings. The molecule has 0 spiro atoms. The maximum absolute atomic E-state index is 12.8. The second-order valence-corrected chi connectivity index (χ2v) is 6.76. The first-order valence-corrected chi connectivity index (χ1v) is 9.22. The molecule has 2 rings (SSSR count). The van der Waals surface area contributed by atoms with Crippen LogP contribution < -0.4 is 20.1 Å². The van der Waals surface area contributed by atoms with E-state index in [1.54, 1.807) is 43.5 Å². The largest absolute Gasteiger partial charge is 0.497 e. The third-order valence-electron chi connectivity index (χ3n) is 3.92. The van der Waals surface area contributed by atoms with E-state index in [9.17, 15) is 8.78 Å². The van der Waals surface area contributed by atoms with Crippen LogP contribution in [-0.2, 0) is 0 Å². The lowest BCUT2D eigenvalue weighted by Gasteiger charge is -2.16. The maximum atomic E-state index is 12.8. The highest BCUT2D eigenvalue weighted by molar-refractivity contribution is 7.80. The fraction of sp³-hybridized carbons (Fsp3) is 0.350. The van der Waals surface area contributed by atoms with Gasteiger partial charge in [0.05, 0.1) is 7.11 Å². The Bertz CT molecular complexity index is 771. The first-order chi connectivity index (χ1) is 13.4. The summed E-state index contributed by atoms with van der Waals surface area (Å²) >= 11 is 5.31. The summed E-state index contributed by atoms with van der Waals surface area (Å²) in [5, 5.41) is 6.69. The normalized spacial score (nSPS) is 10.8. The Labute approximate surface area is 169 Å². The van der Waals surface area contributed by atoms with E-state index >= 15 is 0 Å². The minimum Gasteiger partial charge on any atom is -0.497 e. The maximum Gasteiger partial charge on any atom is 0.387 e. The molecule has 0 unspecified atom stereocenters. The van der Waals surface area contributed by atoms with Gasteiger partial charge in [-0.3, -0.25) is 0 Å². The highest BCUT2D eigenvalue weighted by Gasteiger charge is 2.13. The third kappa shape index (κ3) is 6.94. The minimum absolute atomic E-state index is 0.0931. The molecule has 0 fully saturated rings. The molecule has 0 heterocycles. The van der Waals surface area contributed by atoms with Gasteiger partial charge < -0.3 is 25.0 Å². The zero-order chi connectivity index (χ0) is 20.5. The summed E-state index contributed by atoms with van der Waals surface area (Å²) in [4.78, 5) is 2.10. The standard InChI is InChI=1S/C20H25F2N3O2S/c1-25(2)12-4-11-23-20(28)24-15-7-10-18(27-19(21)22)17(13-15)14-5-8-16(26-3)9-6-14/h5-10,13,19H,4,11-12H2,1-3H3,(H2,23,24,28). The van der Waals surface area contributed by atoms with Crippen LogP contribution in [0.2, 0.25) is 0 Å². The monoisotopic (exact) mass is 409 g/mol. The molecule has 152 valence electrons. The lowest BCUT2D eigenvalue weighted by atomic mass is 10.0. The summed E-state index contributed by atoms with van der Waals surface area (Å²) in [5.41, 5.74) is 1.94. The number of methoxy groups -OCH3 is 1. The van der Waals surface area contributed by atoms with Crippen molar-refractivity contribution < 1.29 is 18.3 Å². The topological polar surface area (TPSA) is 45.8 Å². The fourth-order valence-corrected chi connectivity index (χ4v) is 2.80. The van der Waals surface area contributed by atoms with Crippen molar-refractivity contribution in [2.45, 2.75) is 13.0 Å². The van der Waals surface area contributed by atoms with Crippen LogP contribution in [0.25, 0.3) is 11.1 Å². The fourth-order valence-electron chi connectivity index (χ4n) is 2.58. The van der Waals surface area contributed by atoms with Crippen molar-refractivity contribution in [3.05, 3.63) is 42.5 Å². The van der Waals surface area contributed by atoms with Crippen molar-refractivity contribution in [2.24, 2.45) is 0 Å². The summed E-state index contributed by atoms with van der Waals surface area (Å²) < 4.78 is 35.4. The molecule has 0 saturated carbocycles. The van der Waals surface area contributed by atoms with Crippen LogP contribution in [0.5, 0.6) is 11.5 Å². The van der Waals surface area contributed by atoms with E-state index in [1.807, 2.05) is 14.1 Å². The second kappa shape index (κ2) is 10.8. The Morgan fingerprint density at radius 3 is 2.46 bits per heavy atom. The number of anilines is 1. The average molecular weight is 410 g/mol. The summed E-state index contributed by atoms with van der Waals surface area (Å²) in [6, 6.07) is 12.0. The molecule has 0 aliphatic carbocycles. The van der Waals surface area contributed by atoms with Crippen LogP contribution in [0.3, 0.4) is 0 Å². The summed E-state index contributed by atoms with van der Waals surface area (Å²) in [7, 11) is 5.60. The van der Waals surface area contributed by atoms with Gasteiger partial charge in [0.15, 0.2) is 5.11 Å². The van der Waals surface area contributed by atoms with Crippen LogP contribution in [0, 0.1) is 0 Å². The lowest BCUT2D eigenvalue weighted by molar-refractivity contribution is -0.0494. The molecule has 0 radical (unpaired) electrons. The molecule has 0 saturated heterocycles. The van der Waals surface area contributed by atoms with Gasteiger partial charge in [0.2, 0.25) is 0 Å². The first kappa shape index (κ1) is 21.8. The Morgan fingerprint density at radius 2 is 1.86 bits per heavy atom. The summed E-state index contributed by atoms with van der Waals surface area (Å²) in [6.45, 7) is -1.21. The van der Waals surface area contributed by atoms with Crippen molar-refractivity contribution in [1.29, 1.82) is 0 Å². The van der Waals surface area contributed by atoms with E-state index in [1.165, 1.54) is 6.07 Å². The number of nitrogens with one attached hydrogen (secondary N) is 2. The Balaban J connectivity index is 2.14. The van der Waals surface area contributed by atoms with Gasteiger partial charge in [-0.15, -0.1) is 0 Å². The van der Waals surface area contributed by atoms with Gasteiger partial charge >= 0.3 is 6.61 Å². The van der Waals surface area contributed by atoms with Gasteiger partial charge in [0.25, 0.3) is 0 Å². The smallest absolute Gasteiger partial charge is 0.387 e.